The number of thiazole rings is 1. The van der Waals surface area contributed by atoms with E-state index in [1.165, 1.54) is 11.3 Å². The Labute approximate surface area is 245 Å². The third-order valence-electron chi connectivity index (χ3n) is 7.00. The number of carbonyl (C=O) groups excluding carboxylic acids is 1. The van der Waals surface area contributed by atoms with Crippen LogP contribution in [0.5, 0.6) is 11.5 Å². The molecule has 0 aliphatic carbocycles. The van der Waals surface area contributed by atoms with E-state index < -0.39 is 6.09 Å². The Hall–Kier alpha value is -3.72. The number of halogens is 2. The van der Waals surface area contributed by atoms with Crippen LogP contribution in [0.1, 0.15) is 27.7 Å². The van der Waals surface area contributed by atoms with Crippen LogP contribution in [-0.4, -0.2) is 33.7 Å². The summed E-state index contributed by atoms with van der Waals surface area (Å²) in [6.07, 6.45) is 2.19. The van der Waals surface area contributed by atoms with Gasteiger partial charge in [-0.2, -0.15) is 0 Å². The van der Waals surface area contributed by atoms with Crippen molar-refractivity contribution in [3.05, 3.63) is 109 Å². The Kier molecular flexibility index (Phi) is 7.31. The standard InChI is InChI=1S/C30H26Cl2N4O3S/c1-18-17-35(29(33)40-18)14-15-38-22-7-2-19(3-8-22)28-27-24(25-16-21(32)6-11-26(25)34-27)12-13-36(28)30(37)39-23-9-4-20(31)5-10-23/h2-11,16-17,28,33-34H,12-15H2,1H3. The molecule has 2 N–H and O–H groups in total. The van der Waals surface area contributed by atoms with Gasteiger partial charge in [0.25, 0.3) is 0 Å². The van der Waals surface area contributed by atoms with Gasteiger partial charge >= 0.3 is 6.09 Å². The van der Waals surface area contributed by atoms with Crippen molar-refractivity contribution in [3.8, 4) is 11.5 Å². The molecule has 6 rings (SSSR count). The molecule has 40 heavy (non-hydrogen) atoms. The Morgan fingerprint density at radius 1 is 1.05 bits per heavy atom. The van der Waals surface area contributed by atoms with E-state index in [4.69, 9.17) is 38.1 Å². The van der Waals surface area contributed by atoms with Gasteiger partial charge in [-0.1, -0.05) is 35.3 Å². The lowest BCUT2D eigenvalue weighted by atomic mass is 9.92. The van der Waals surface area contributed by atoms with Crippen LogP contribution in [0.15, 0.2) is 72.9 Å². The molecule has 1 unspecified atom stereocenters. The van der Waals surface area contributed by atoms with Crippen molar-refractivity contribution < 1.29 is 14.3 Å². The summed E-state index contributed by atoms with van der Waals surface area (Å²) in [7, 11) is 0. The SMILES string of the molecule is Cc1cn(CCOc2ccc(C3c4[nH]c5ccc(Cl)cc5c4CCN3C(=O)Oc3ccc(Cl)cc3)cc2)c(=N)s1. The zero-order valence-corrected chi connectivity index (χ0v) is 23.9. The zero-order chi connectivity index (χ0) is 27.8. The minimum atomic E-state index is -0.440. The van der Waals surface area contributed by atoms with Crippen molar-refractivity contribution in [2.24, 2.45) is 0 Å². The normalized spacial score (nSPS) is 14.8. The number of aromatic nitrogens is 2. The first-order valence-corrected chi connectivity index (χ1v) is 14.4. The van der Waals surface area contributed by atoms with Gasteiger partial charge < -0.3 is 19.0 Å². The van der Waals surface area contributed by atoms with Gasteiger partial charge in [0, 0.05) is 44.3 Å². The fourth-order valence-electron chi connectivity index (χ4n) is 5.16. The van der Waals surface area contributed by atoms with Gasteiger partial charge in [-0.15, -0.1) is 11.3 Å². The molecule has 0 radical (unpaired) electrons. The third-order valence-corrected chi connectivity index (χ3v) is 8.34. The number of hydrogen-bond acceptors (Lipinski definition) is 5. The summed E-state index contributed by atoms with van der Waals surface area (Å²) < 4.78 is 13.6. The van der Waals surface area contributed by atoms with E-state index in [1.807, 2.05) is 60.2 Å². The number of aryl methyl sites for hydroxylation is 1. The van der Waals surface area contributed by atoms with Gasteiger partial charge in [-0.05, 0) is 79.1 Å². The molecule has 1 aliphatic rings. The minimum absolute atomic E-state index is 0.390. The number of ether oxygens (including phenoxy) is 2. The highest BCUT2D eigenvalue weighted by molar-refractivity contribution is 7.09. The van der Waals surface area contributed by atoms with Crippen LogP contribution in [0.2, 0.25) is 10.0 Å². The number of nitrogens with zero attached hydrogens (tertiary/aromatic N) is 2. The summed E-state index contributed by atoms with van der Waals surface area (Å²) in [6, 6.07) is 19.9. The second kappa shape index (κ2) is 11.0. The maximum atomic E-state index is 13.5. The molecule has 1 amide bonds. The molecular formula is C30H26Cl2N4O3S. The van der Waals surface area contributed by atoms with E-state index in [9.17, 15) is 4.79 Å². The van der Waals surface area contributed by atoms with Gasteiger partial charge in [0.15, 0.2) is 4.80 Å². The Balaban J connectivity index is 1.28. The smallest absolute Gasteiger partial charge is 0.416 e. The molecule has 0 saturated carbocycles. The highest BCUT2D eigenvalue weighted by Gasteiger charge is 2.35. The first-order valence-electron chi connectivity index (χ1n) is 12.8. The predicted molar refractivity (Wildman–Crippen MR) is 158 cm³/mol. The van der Waals surface area contributed by atoms with Gasteiger partial charge in [-0.3, -0.25) is 10.3 Å². The Morgan fingerprint density at radius 3 is 2.50 bits per heavy atom. The molecule has 0 bridgehead atoms. The average molecular weight is 594 g/mol. The molecule has 0 spiro atoms. The lowest BCUT2D eigenvalue weighted by molar-refractivity contribution is 0.135. The monoisotopic (exact) mass is 592 g/mol. The van der Waals surface area contributed by atoms with E-state index in [-0.39, 0.29) is 6.04 Å². The van der Waals surface area contributed by atoms with E-state index in [2.05, 4.69) is 4.98 Å². The molecule has 5 aromatic rings. The lowest BCUT2D eigenvalue weighted by Gasteiger charge is -2.35. The molecule has 0 saturated heterocycles. The third kappa shape index (κ3) is 5.35. The number of aromatic amines is 1. The molecule has 0 fully saturated rings. The minimum Gasteiger partial charge on any atom is -0.492 e. The van der Waals surface area contributed by atoms with Crippen molar-refractivity contribution in [2.45, 2.75) is 25.9 Å². The summed E-state index contributed by atoms with van der Waals surface area (Å²) in [5.41, 5.74) is 3.99. The molecule has 1 atom stereocenters. The van der Waals surface area contributed by atoms with E-state index in [0.29, 0.717) is 46.7 Å². The molecule has 3 aromatic carbocycles. The van der Waals surface area contributed by atoms with Crippen molar-refractivity contribution in [1.82, 2.24) is 14.5 Å². The predicted octanol–water partition coefficient (Wildman–Crippen LogP) is 7.35. The van der Waals surface area contributed by atoms with E-state index in [0.717, 1.165) is 38.4 Å². The quantitative estimate of drug-likeness (QED) is 0.216. The lowest BCUT2D eigenvalue weighted by Crippen LogP contribution is -2.42. The van der Waals surface area contributed by atoms with Crippen LogP contribution in [0.4, 0.5) is 4.79 Å². The molecule has 3 heterocycles. The summed E-state index contributed by atoms with van der Waals surface area (Å²) >= 11 is 13.8. The number of amides is 1. The van der Waals surface area contributed by atoms with Crippen LogP contribution in [-0.2, 0) is 13.0 Å². The second-order valence-electron chi connectivity index (χ2n) is 9.63. The number of benzene rings is 3. The first-order chi connectivity index (χ1) is 19.4. The summed E-state index contributed by atoms with van der Waals surface area (Å²) in [5.74, 6) is 1.15. The number of nitrogens with one attached hydrogen (secondary N) is 2. The maximum absolute atomic E-state index is 13.5. The van der Waals surface area contributed by atoms with Gasteiger partial charge in [0.1, 0.15) is 24.1 Å². The maximum Gasteiger partial charge on any atom is 0.416 e. The zero-order valence-electron chi connectivity index (χ0n) is 21.6. The van der Waals surface area contributed by atoms with Crippen LogP contribution >= 0.6 is 34.5 Å². The van der Waals surface area contributed by atoms with Crippen molar-refractivity contribution in [3.63, 3.8) is 0 Å². The van der Waals surface area contributed by atoms with Crippen molar-refractivity contribution >= 4 is 51.5 Å². The second-order valence-corrected chi connectivity index (χ2v) is 11.7. The highest BCUT2D eigenvalue weighted by Crippen LogP contribution is 2.40. The average Bonchev–Trinajstić information content (AvgIpc) is 3.47. The van der Waals surface area contributed by atoms with Gasteiger partial charge in [0.2, 0.25) is 0 Å². The van der Waals surface area contributed by atoms with Crippen molar-refractivity contribution in [1.29, 1.82) is 5.41 Å². The van der Waals surface area contributed by atoms with Crippen LogP contribution in [0.25, 0.3) is 10.9 Å². The largest absolute Gasteiger partial charge is 0.492 e. The Morgan fingerprint density at radius 2 is 1.77 bits per heavy atom. The van der Waals surface area contributed by atoms with Crippen LogP contribution < -0.4 is 14.3 Å². The summed E-state index contributed by atoms with van der Waals surface area (Å²) in [6.45, 7) is 3.51. The summed E-state index contributed by atoms with van der Waals surface area (Å²) in [5, 5.41) is 10.3. The fraction of sp³-hybridized carbons (Fsp3) is 0.200. The topological polar surface area (TPSA) is 83.3 Å². The number of H-pyrrole nitrogens is 1. The van der Waals surface area contributed by atoms with Gasteiger partial charge in [0.05, 0.1) is 6.54 Å². The molecular weight excluding hydrogens is 567 g/mol. The molecule has 204 valence electrons. The van der Waals surface area contributed by atoms with Crippen LogP contribution in [0.3, 0.4) is 0 Å². The van der Waals surface area contributed by atoms with Gasteiger partial charge in [-0.25, -0.2) is 4.79 Å². The molecule has 7 nitrogen and oxygen atoms in total. The number of carbonyl (C=O) groups is 1. The number of fused-ring (bicyclic) bond motifs is 3. The molecule has 1 aliphatic heterocycles. The fourth-order valence-corrected chi connectivity index (χ4v) is 6.20. The number of hydrogen-bond donors (Lipinski definition) is 2. The summed E-state index contributed by atoms with van der Waals surface area (Å²) in [4.78, 5) is 20.4. The molecule has 2 aromatic heterocycles. The first kappa shape index (κ1) is 26.5. The van der Waals surface area contributed by atoms with E-state index >= 15 is 0 Å². The number of rotatable bonds is 6. The van der Waals surface area contributed by atoms with Crippen molar-refractivity contribution in [2.75, 3.05) is 13.2 Å². The van der Waals surface area contributed by atoms with E-state index in [1.54, 1.807) is 29.2 Å². The highest BCUT2D eigenvalue weighted by atomic mass is 35.5. The van der Waals surface area contributed by atoms with Crippen LogP contribution in [0, 0.1) is 12.3 Å². The molecule has 10 heteroatoms. The Bertz CT molecular complexity index is 1740.